The predicted molar refractivity (Wildman–Crippen MR) is 83.1 cm³/mol. The van der Waals surface area contributed by atoms with Crippen molar-refractivity contribution in [2.75, 3.05) is 0 Å². The summed E-state index contributed by atoms with van der Waals surface area (Å²) in [6, 6.07) is 12.7. The predicted octanol–water partition coefficient (Wildman–Crippen LogP) is 3.71. The Morgan fingerprint density at radius 1 is 1.21 bits per heavy atom. The number of nitrogens with zero attached hydrogens (tertiary/aromatic N) is 1. The molecule has 3 heteroatoms. The number of pyridine rings is 1. The molecular formula is C16H20N2S. The van der Waals surface area contributed by atoms with Crippen LogP contribution in [0.5, 0.6) is 0 Å². The molecule has 100 valence electrons. The number of aryl methyl sites for hydroxylation is 1. The highest BCUT2D eigenvalue weighted by molar-refractivity contribution is 7.98. The van der Waals surface area contributed by atoms with E-state index in [1.54, 1.807) is 6.20 Å². The lowest BCUT2D eigenvalue weighted by Gasteiger charge is -2.21. The minimum atomic E-state index is 0.109. The molecule has 0 aliphatic rings. The average Bonchev–Trinajstić information content (AvgIpc) is 2.42. The topological polar surface area (TPSA) is 38.9 Å². The largest absolute Gasteiger partial charge is 0.327 e. The smallest absolute Gasteiger partial charge is 0.0464 e. The van der Waals surface area contributed by atoms with Crippen LogP contribution in [0.25, 0.3) is 0 Å². The van der Waals surface area contributed by atoms with Gasteiger partial charge in [-0.3, -0.25) is 4.98 Å². The molecule has 2 atom stereocenters. The Hall–Kier alpha value is -1.32. The van der Waals surface area contributed by atoms with Crippen LogP contribution in [0.4, 0.5) is 0 Å². The first-order chi connectivity index (χ1) is 9.18. The molecule has 2 nitrogen and oxygen atoms in total. The van der Waals surface area contributed by atoms with E-state index in [9.17, 15) is 0 Å². The summed E-state index contributed by atoms with van der Waals surface area (Å²) in [6.45, 7) is 4.21. The maximum atomic E-state index is 6.12. The fraction of sp³-hybridized carbons (Fsp3) is 0.312. The number of hydrogen-bond acceptors (Lipinski definition) is 3. The molecule has 0 aliphatic carbocycles. The first-order valence-corrected chi connectivity index (χ1v) is 7.55. The summed E-state index contributed by atoms with van der Waals surface area (Å²) in [5.74, 6) is 0.980. The number of thioether (sulfide) groups is 1. The standard InChI is InChI=1S/C16H20N2S/c1-12-6-3-4-7-15(12)11-19-16(13(2)17)14-8-5-9-18-10-14/h3-10,13,16H,11,17H2,1-2H3. The van der Waals surface area contributed by atoms with Crippen molar-refractivity contribution in [3.63, 3.8) is 0 Å². The molecule has 19 heavy (non-hydrogen) atoms. The van der Waals surface area contributed by atoms with Gasteiger partial charge in [-0.05, 0) is 36.6 Å². The molecule has 2 unspecified atom stereocenters. The van der Waals surface area contributed by atoms with Crippen LogP contribution in [0.2, 0.25) is 0 Å². The van der Waals surface area contributed by atoms with E-state index >= 15 is 0 Å². The number of hydrogen-bond donors (Lipinski definition) is 1. The second kappa shape index (κ2) is 6.73. The molecule has 0 bridgehead atoms. The van der Waals surface area contributed by atoms with Gasteiger partial charge in [0.25, 0.3) is 0 Å². The lowest BCUT2D eigenvalue weighted by molar-refractivity contribution is 0.718. The van der Waals surface area contributed by atoms with Gasteiger partial charge >= 0.3 is 0 Å². The highest BCUT2D eigenvalue weighted by atomic mass is 32.2. The molecule has 0 aliphatic heterocycles. The lowest BCUT2D eigenvalue weighted by atomic mass is 10.1. The Morgan fingerprint density at radius 3 is 2.63 bits per heavy atom. The third-order valence-electron chi connectivity index (χ3n) is 3.17. The zero-order valence-corrected chi connectivity index (χ0v) is 12.2. The number of nitrogens with two attached hydrogens (primary N) is 1. The molecule has 0 amide bonds. The molecule has 0 spiro atoms. The second-order valence-corrected chi connectivity index (χ2v) is 5.93. The van der Waals surface area contributed by atoms with Crippen LogP contribution in [0.3, 0.4) is 0 Å². The van der Waals surface area contributed by atoms with E-state index in [0.29, 0.717) is 0 Å². The van der Waals surface area contributed by atoms with E-state index in [1.165, 1.54) is 16.7 Å². The molecule has 1 aromatic heterocycles. The SMILES string of the molecule is Cc1ccccc1CSC(c1cccnc1)C(C)N. The Morgan fingerprint density at radius 2 is 2.00 bits per heavy atom. The highest BCUT2D eigenvalue weighted by Crippen LogP contribution is 2.33. The minimum absolute atomic E-state index is 0.109. The summed E-state index contributed by atoms with van der Waals surface area (Å²) in [7, 11) is 0. The second-order valence-electron chi connectivity index (χ2n) is 4.80. The maximum Gasteiger partial charge on any atom is 0.0464 e. The molecule has 0 saturated carbocycles. The van der Waals surface area contributed by atoms with Crippen LogP contribution in [0.15, 0.2) is 48.8 Å². The van der Waals surface area contributed by atoms with E-state index in [-0.39, 0.29) is 11.3 Å². The van der Waals surface area contributed by atoms with Gasteiger partial charge < -0.3 is 5.73 Å². The van der Waals surface area contributed by atoms with Crippen molar-refractivity contribution in [1.29, 1.82) is 0 Å². The van der Waals surface area contributed by atoms with E-state index in [0.717, 1.165) is 5.75 Å². The lowest BCUT2D eigenvalue weighted by Crippen LogP contribution is -2.22. The third-order valence-corrected chi connectivity index (χ3v) is 4.71. The molecule has 0 saturated heterocycles. The molecule has 0 radical (unpaired) electrons. The Labute approximate surface area is 119 Å². The normalized spacial score (nSPS) is 14.1. The molecule has 0 fully saturated rings. The van der Waals surface area contributed by atoms with Crippen molar-refractivity contribution >= 4 is 11.8 Å². The van der Waals surface area contributed by atoms with Crippen molar-refractivity contribution in [2.45, 2.75) is 30.9 Å². The third kappa shape index (κ3) is 3.82. The van der Waals surface area contributed by atoms with Crippen molar-refractivity contribution in [3.05, 3.63) is 65.5 Å². The van der Waals surface area contributed by atoms with Gasteiger partial charge in [0, 0.05) is 29.4 Å². The monoisotopic (exact) mass is 272 g/mol. The van der Waals surface area contributed by atoms with Gasteiger partial charge in [0.15, 0.2) is 0 Å². The maximum absolute atomic E-state index is 6.12. The first kappa shape index (κ1) is 14.1. The van der Waals surface area contributed by atoms with Crippen LogP contribution >= 0.6 is 11.8 Å². The summed E-state index contributed by atoms with van der Waals surface area (Å²) in [5.41, 5.74) is 10.0. The van der Waals surface area contributed by atoms with Gasteiger partial charge in [0.05, 0.1) is 0 Å². The van der Waals surface area contributed by atoms with Gasteiger partial charge in [0.1, 0.15) is 0 Å². The summed E-state index contributed by atoms with van der Waals surface area (Å²) in [4.78, 5) is 4.19. The van der Waals surface area contributed by atoms with Crippen molar-refractivity contribution in [1.82, 2.24) is 4.98 Å². The van der Waals surface area contributed by atoms with E-state index in [2.05, 4.69) is 49.2 Å². The Balaban J connectivity index is 2.09. The number of benzene rings is 1. The van der Waals surface area contributed by atoms with E-state index in [4.69, 9.17) is 5.73 Å². The highest BCUT2D eigenvalue weighted by Gasteiger charge is 2.17. The minimum Gasteiger partial charge on any atom is -0.327 e. The zero-order valence-electron chi connectivity index (χ0n) is 11.4. The van der Waals surface area contributed by atoms with Crippen molar-refractivity contribution < 1.29 is 0 Å². The molecule has 2 rings (SSSR count). The fourth-order valence-electron chi connectivity index (χ4n) is 2.05. The van der Waals surface area contributed by atoms with Gasteiger partial charge in [-0.25, -0.2) is 0 Å². The molecular weight excluding hydrogens is 252 g/mol. The van der Waals surface area contributed by atoms with Crippen LogP contribution < -0.4 is 5.73 Å². The van der Waals surface area contributed by atoms with Gasteiger partial charge in [-0.2, -0.15) is 0 Å². The Bertz CT molecular complexity index is 511. The molecule has 1 aromatic carbocycles. The number of aromatic nitrogens is 1. The number of rotatable bonds is 5. The first-order valence-electron chi connectivity index (χ1n) is 6.50. The molecule has 2 aromatic rings. The van der Waals surface area contributed by atoms with Gasteiger partial charge in [0.2, 0.25) is 0 Å². The summed E-state index contributed by atoms with van der Waals surface area (Å²) >= 11 is 1.88. The fourth-order valence-corrected chi connectivity index (χ4v) is 3.37. The summed E-state index contributed by atoms with van der Waals surface area (Å²) < 4.78 is 0. The van der Waals surface area contributed by atoms with Gasteiger partial charge in [-0.1, -0.05) is 30.3 Å². The van der Waals surface area contributed by atoms with Crippen LogP contribution in [-0.2, 0) is 5.75 Å². The Kier molecular flexibility index (Phi) is 5.00. The zero-order chi connectivity index (χ0) is 13.7. The molecule has 1 heterocycles. The van der Waals surface area contributed by atoms with E-state index < -0.39 is 0 Å². The van der Waals surface area contributed by atoms with Crippen molar-refractivity contribution in [2.24, 2.45) is 5.73 Å². The van der Waals surface area contributed by atoms with Crippen LogP contribution in [0.1, 0.15) is 28.9 Å². The molecule has 2 N–H and O–H groups in total. The average molecular weight is 272 g/mol. The van der Waals surface area contributed by atoms with Crippen LogP contribution in [-0.4, -0.2) is 11.0 Å². The summed E-state index contributed by atoms with van der Waals surface area (Å²) in [6.07, 6.45) is 3.71. The summed E-state index contributed by atoms with van der Waals surface area (Å²) in [5, 5.41) is 0.285. The quantitative estimate of drug-likeness (QED) is 0.901. The van der Waals surface area contributed by atoms with E-state index in [1.807, 2.05) is 24.0 Å². The van der Waals surface area contributed by atoms with Crippen molar-refractivity contribution in [3.8, 4) is 0 Å². The van der Waals surface area contributed by atoms with Crippen LogP contribution in [0, 0.1) is 6.92 Å². The van der Waals surface area contributed by atoms with Gasteiger partial charge in [-0.15, -0.1) is 11.8 Å².